The molecule has 1 N–H and O–H groups in total. The van der Waals surface area contributed by atoms with Crippen LogP contribution in [0.2, 0.25) is 0 Å². The number of rotatable bonds is 5. The van der Waals surface area contributed by atoms with Crippen molar-refractivity contribution in [3.8, 4) is 0 Å². The summed E-state index contributed by atoms with van der Waals surface area (Å²) < 4.78 is 38.5. The van der Waals surface area contributed by atoms with Gasteiger partial charge in [-0.25, -0.2) is 4.79 Å². The topological polar surface area (TPSA) is 40.5 Å². The van der Waals surface area contributed by atoms with E-state index in [1.165, 1.54) is 31.1 Å². The van der Waals surface area contributed by atoms with Gasteiger partial charge < -0.3 is 10.0 Å². The standard InChI is InChI=1S/C22H20F3NO2/c23-22(24,25)18-10-6-16(7-11-18)20(4-3-5-21(27)28)17-8-12-19(13-9-17)26-14-1-2-15-26/h3-13H,1-2,14-15H2,(H,27,28)/b5-3+,20-4-. The zero-order valence-electron chi connectivity index (χ0n) is 15.1. The number of anilines is 1. The first-order valence-corrected chi connectivity index (χ1v) is 8.99. The summed E-state index contributed by atoms with van der Waals surface area (Å²) in [6.07, 6.45) is 1.90. The average Bonchev–Trinajstić information content (AvgIpc) is 3.19. The zero-order valence-corrected chi connectivity index (χ0v) is 15.1. The van der Waals surface area contributed by atoms with Gasteiger partial charge in [0, 0.05) is 24.9 Å². The Morgan fingerprint density at radius 2 is 1.46 bits per heavy atom. The molecule has 0 atom stereocenters. The molecule has 1 heterocycles. The van der Waals surface area contributed by atoms with Gasteiger partial charge >= 0.3 is 12.1 Å². The highest BCUT2D eigenvalue weighted by Crippen LogP contribution is 2.32. The van der Waals surface area contributed by atoms with Crippen LogP contribution in [0.3, 0.4) is 0 Å². The van der Waals surface area contributed by atoms with Gasteiger partial charge in [-0.1, -0.05) is 36.4 Å². The summed E-state index contributed by atoms with van der Waals surface area (Å²) in [7, 11) is 0. The molecular weight excluding hydrogens is 367 g/mol. The number of nitrogens with zero attached hydrogens (tertiary/aromatic N) is 1. The molecule has 0 saturated carbocycles. The second-order valence-electron chi connectivity index (χ2n) is 6.59. The maximum atomic E-state index is 12.8. The van der Waals surface area contributed by atoms with Crippen LogP contribution in [0, 0.1) is 0 Å². The number of aliphatic carboxylic acids is 1. The summed E-state index contributed by atoms with van der Waals surface area (Å²) in [4.78, 5) is 13.0. The minimum Gasteiger partial charge on any atom is -0.478 e. The summed E-state index contributed by atoms with van der Waals surface area (Å²) in [5.74, 6) is -1.09. The summed E-state index contributed by atoms with van der Waals surface area (Å²) >= 11 is 0. The highest BCUT2D eigenvalue weighted by atomic mass is 19.4. The van der Waals surface area contributed by atoms with Crippen molar-refractivity contribution in [2.45, 2.75) is 19.0 Å². The SMILES string of the molecule is O=C(O)/C=C/C=C(\c1ccc(N2CCCC2)cc1)c1ccc(C(F)(F)F)cc1. The van der Waals surface area contributed by atoms with Crippen LogP contribution in [0.1, 0.15) is 29.5 Å². The van der Waals surface area contributed by atoms with Crippen molar-refractivity contribution < 1.29 is 23.1 Å². The largest absolute Gasteiger partial charge is 0.478 e. The first kappa shape index (κ1) is 19.7. The molecule has 1 saturated heterocycles. The lowest BCUT2D eigenvalue weighted by atomic mass is 9.96. The van der Waals surface area contributed by atoms with Gasteiger partial charge in [0.2, 0.25) is 0 Å². The van der Waals surface area contributed by atoms with Crippen LogP contribution in [0.4, 0.5) is 18.9 Å². The smallest absolute Gasteiger partial charge is 0.416 e. The molecule has 0 radical (unpaired) electrons. The van der Waals surface area contributed by atoms with Crippen LogP contribution < -0.4 is 4.90 Å². The molecule has 0 aromatic heterocycles. The Labute approximate surface area is 161 Å². The lowest BCUT2D eigenvalue weighted by molar-refractivity contribution is -0.137. The van der Waals surface area contributed by atoms with E-state index in [0.29, 0.717) is 11.1 Å². The number of alkyl halides is 3. The maximum Gasteiger partial charge on any atom is 0.416 e. The third-order valence-corrected chi connectivity index (χ3v) is 4.67. The second kappa shape index (κ2) is 8.33. The van der Waals surface area contributed by atoms with E-state index in [4.69, 9.17) is 5.11 Å². The van der Waals surface area contributed by atoms with E-state index >= 15 is 0 Å². The van der Waals surface area contributed by atoms with Crippen molar-refractivity contribution in [3.05, 3.63) is 83.4 Å². The van der Waals surface area contributed by atoms with Crippen LogP contribution in [0.15, 0.2) is 66.8 Å². The van der Waals surface area contributed by atoms with Crippen molar-refractivity contribution >= 4 is 17.2 Å². The fourth-order valence-corrected chi connectivity index (χ4v) is 3.25. The quantitative estimate of drug-likeness (QED) is 0.553. The van der Waals surface area contributed by atoms with Gasteiger partial charge in [0.25, 0.3) is 0 Å². The van der Waals surface area contributed by atoms with Crippen LogP contribution in [0.5, 0.6) is 0 Å². The van der Waals surface area contributed by atoms with Crippen molar-refractivity contribution in [2.75, 3.05) is 18.0 Å². The van der Waals surface area contributed by atoms with E-state index in [9.17, 15) is 18.0 Å². The molecular formula is C22H20F3NO2. The molecule has 0 unspecified atom stereocenters. The van der Waals surface area contributed by atoms with Crippen molar-refractivity contribution in [2.24, 2.45) is 0 Å². The lowest BCUT2D eigenvalue weighted by Gasteiger charge is -2.18. The molecule has 2 aromatic rings. The van der Waals surface area contributed by atoms with Gasteiger partial charge in [-0.3, -0.25) is 0 Å². The van der Waals surface area contributed by atoms with E-state index in [2.05, 4.69) is 4.90 Å². The summed E-state index contributed by atoms with van der Waals surface area (Å²) in [5, 5.41) is 8.80. The van der Waals surface area contributed by atoms with Gasteiger partial charge in [0.05, 0.1) is 5.56 Å². The Morgan fingerprint density at radius 3 is 1.96 bits per heavy atom. The number of carboxylic acids is 1. The second-order valence-corrected chi connectivity index (χ2v) is 6.59. The lowest BCUT2D eigenvalue weighted by Crippen LogP contribution is -2.17. The molecule has 0 spiro atoms. The highest BCUT2D eigenvalue weighted by Gasteiger charge is 2.30. The Morgan fingerprint density at radius 1 is 0.929 bits per heavy atom. The highest BCUT2D eigenvalue weighted by molar-refractivity contribution is 5.84. The predicted octanol–water partition coefficient (Wildman–Crippen LogP) is 5.38. The molecule has 1 aliphatic heterocycles. The molecule has 1 fully saturated rings. The first-order chi connectivity index (χ1) is 13.3. The van der Waals surface area contributed by atoms with E-state index in [-0.39, 0.29) is 0 Å². The van der Waals surface area contributed by atoms with Gasteiger partial charge in [-0.2, -0.15) is 13.2 Å². The number of benzene rings is 2. The number of allylic oxidation sites excluding steroid dienone is 2. The monoisotopic (exact) mass is 387 g/mol. The fraction of sp³-hybridized carbons (Fsp3) is 0.227. The normalized spacial score (nSPS) is 15.4. The molecule has 2 aromatic carbocycles. The number of carbonyl (C=O) groups is 1. The van der Waals surface area contributed by atoms with Crippen LogP contribution in [-0.2, 0) is 11.0 Å². The van der Waals surface area contributed by atoms with Gasteiger partial charge in [0.1, 0.15) is 0 Å². The van der Waals surface area contributed by atoms with E-state index in [1.807, 2.05) is 24.3 Å². The third kappa shape index (κ3) is 4.82. The van der Waals surface area contributed by atoms with Crippen molar-refractivity contribution in [3.63, 3.8) is 0 Å². The average molecular weight is 387 g/mol. The minimum atomic E-state index is -4.40. The predicted molar refractivity (Wildman–Crippen MR) is 103 cm³/mol. The number of hydrogen-bond acceptors (Lipinski definition) is 2. The summed E-state index contributed by atoms with van der Waals surface area (Å²) in [6, 6.07) is 12.6. The minimum absolute atomic E-state index is 0.581. The molecule has 3 rings (SSSR count). The van der Waals surface area contributed by atoms with Gasteiger partial charge in [-0.05, 0) is 53.8 Å². The molecule has 3 nitrogen and oxygen atoms in total. The van der Waals surface area contributed by atoms with E-state index < -0.39 is 17.7 Å². The van der Waals surface area contributed by atoms with Crippen LogP contribution in [-0.4, -0.2) is 24.2 Å². The van der Waals surface area contributed by atoms with Crippen LogP contribution >= 0.6 is 0 Å². The number of halogens is 3. The Kier molecular flexibility index (Phi) is 5.87. The van der Waals surface area contributed by atoms with Crippen LogP contribution in [0.25, 0.3) is 5.57 Å². The Hall–Kier alpha value is -3.02. The molecule has 0 aliphatic carbocycles. The first-order valence-electron chi connectivity index (χ1n) is 8.99. The maximum absolute atomic E-state index is 12.8. The van der Waals surface area contributed by atoms with E-state index in [1.54, 1.807) is 6.08 Å². The van der Waals surface area contributed by atoms with Crippen molar-refractivity contribution in [1.29, 1.82) is 0 Å². The van der Waals surface area contributed by atoms with Gasteiger partial charge in [0.15, 0.2) is 0 Å². The number of hydrogen-bond donors (Lipinski definition) is 1. The summed E-state index contributed by atoms with van der Waals surface area (Å²) in [5.41, 5.74) is 2.42. The van der Waals surface area contributed by atoms with E-state index in [0.717, 1.165) is 42.5 Å². The van der Waals surface area contributed by atoms with Gasteiger partial charge in [-0.15, -0.1) is 0 Å². The number of carboxylic acid groups (broad SMARTS) is 1. The fourth-order valence-electron chi connectivity index (χ4n) is 3.25. The third-order valence-electron chi connectivity index (χ3n) is 4.67. The molecule has 0 bridgehead atoms. The van der Waals surface area contributed by atoms with Crippen molar-refractivity contribution in [1.82, 2.24) is 0 Å². The molecule has 28 heavy (non-hydrogen) atoms. The summed E-state index contributed by atoms with van der Waals surface area (Å²) in [6.45, 7) is 2.03. The zero-order chi connectivity index (χ0) is 20.1. The molecule has 1 aliphatic rings. The molecule has 0 amide bonds. The molecule has 146 valence electrons. The molecule has 6 heteroatoms. The Balaban J connectivity index is 1.94. The Bertz CT molecular complexity index is 875.